The fourth-order valence-electron chi connectivity index (χ4n) is 4.90. The van der Waals surface area contributed by atoms with Gasteiger partial charge in [0.15, 0.2) is 11.5 Å². The molecule has 1 fully saturated rings. The molecule has 2 atom stereocenters. The molecule has 5 nitrogen and oxygen atoms in total. The third-order valence-corrected chi connectivity index (χ3v) is 8.40. The summed E-state index contributed by atoms with van der Waals surface area (Å²) < 4.78 is 40.3. The lowest BCUT2D eigenvalue weighted by Crippen LogP contribution is -2.16. The van der Waals surface area contributed by atoms with Gasteiger partial charge in [-0.15, -0.1) is 0 Å². The molecule has 2 heterocycles. The van der Waals surface area contributed by atoms with E-state index in [1.165, 1.54) is 0 Å². The molecule has 1 aliphatic heterocycles. The maximum absolute atomic E-state index is 13.8. The first-order valence-corrected chi connectivity index (χ1v) is 12.2. The van der Waals surface area contributed by atoms with Crippen LogP contribution < -0.4 is 9.47 Å². The maximum atomic E-state index is 13.8. The lowest BCUT2D eigenvalue weighted by atomic mass is 10.0. The molecule has 162 valence electrons. The van der Waals surface area contributed by atoms with Crippen LogP contribution in [0.15, 0.2) is 71.6 Å². The van der Waals surface area contributed by atoms with Gasteiger partial charge < -0.3 is 9.47 Å². The number of benzene rings is 3. The molecule has 1 aromatic heterocycles. The van der Waals surface area contributed by atoms with Crippen molar-refractivity contribution >= 4 is 20.9 Å². The van der Waals surface area contributed by atoms with Crippen LogP contribution in [0, 0.1) is 13.8 Å². The number of hydrogen-bond acceptors (Lipinski definition) is 4. The molecule has 6 heteroatoms. The highest BCUT2D eigenvalue weighted by molar-refractivity contribution is 7.90. The van der Waals surface area contributed by atoms with Crippen LogP contribution >= 0.6 is 0 Å². The Bertz CT molecular complexity index is 1470. The summed E-state index contributed by atoms with van der Waals surface area (Å²) in [6, 6.07) is 20.9. The van der Waals surface area contributed by atoms with Crippen molar-refractivity contribution in [2.24, 2.45) is 0 Å². The highest BCUT2D eigenvalue weighted by Crippen LogP contribution is 2.58. The highest BCUT2D eigenvalue weighted by atomic mass is 32.2. The van der Waals surface area contributed by atoms with Crippen molar-refractivity contribution in [2.45, 2.75) is 37.0 Å². The first-order chi connectivity index (χ1) is 15.4. The van der Waals surface area contributed by atoms with Gasteiger partial charge in [-0.2, -0.15) is 0 Å². The Balaban J connectivity index is 1.49. The van der Waals surface area contributed by atoms with E-state index in [2.05, 4.69) is 6.07 Å². The number of nitrogens with zero attached hydrogens (tertiary/aromatic N) is 1. The van der Waals surface area contributed by atoms with Crippen LogP contribution in [0.5, 0.6) is 11.5 Å². The first-order valence-electron chi connectivity index (χ1n) is 10.8. The second kappa shape index (κ2) is 6.87. The third-order valence-electron chi connectivity index (χ3n) is 6.66. The molecule has 6 rings (SSSR count). The second-order valence-electron chi connectivity index (χ2n) is 8.67. The van der Waals surface area contributed by atoms with Crippen molar-refractivity contribution in [3.05, 3.63) is 89.1 Å². The van der Waals surface area contributed by atoms with Crippen LogP contribution in [0.4, 0.5) is 0 Å². The molecular formula is C26H23NO4S. The Morgan fingerprint density at radius 2 is 1.62 bits per heavy atom. The van der Waals surface area contributed by atoms with Gasteiger partial charge >= 0.3 is 0 Å². The number of aryl methyl sites for hydroxylation is 2. The Morgan fingerprint density at radius 1 is 0.875 bits per heavy atom. The average molecular weight is 446 g/mol. The van der Waals surface area contributed by atoms with Gasteiger partial charge in [0, 0.05) is 17.0 Å². The number of aromatic nitrogens is 1. The Kier molecular flexibility index (Phi) is 4.17. The zero-order valence-electron chi connectivity index (χ0n) is 17.9. The van der Waals surface area contributed by atoms with Crippen LogP contribution in [-0.4, -0.2) is 19.2 Å². The van der Waals surface area contributed by atoms with Crippen molar-refractivity contribution in [2.75, 3.05) is 6.79 Å². The van der Waals surface area contributed by atoms with Gasteiger partial charge in [0.1, 0.15) is 0 Å². The molecular weight excluding hydrogens is 422 g/mol. The minimum Gasteiger partial charge on any atom is -0.454 e. The van der Waals surface area contributed by atoms with E-state index < -0.39 is 10.0 Å². The van der Waals surface area contributed by atoms with E-state index in [9.17, 15) is 8.42 Å². The summed E-state index contributed by atoms with van der Waals surface area (Å²) >= 11 is 0. The van der Waals surface area contributed by atoms with E-state index in [0.717, 1.165) is 51.2 Å². The fraction of sp³-hybridized carbons (Fsp3) is 0.231. The number of rotatable bonds is 4. The molecule has 32 heavy (non-hydrogen) atoms. The van der Waals surface area contributed by atoms with E-state index in [1.54, 1.807) is 16.1 Å². The molecule has 0 spiro atoms. The quantitative estimate of drug-likeness (QED) is 0.417. The van der Waals surface area contributed by atoms with Crippen LogP contribution in [0.3, 0.4) is 0 Å². The number of para-hydroxylation sites is 1. The van der Waals surface area contributed by atoms with Crippen molar-refractivity contribution in [1.29, 1.82) is 0 Å². The van der Waals surface area contributed by atoms with Gasteiger partial charge in [0.2, 0.25) is 6.79 Å². The molecule has 0 bridgehead atoms. The van der Waals surface area contributed by atoms with Gasteiger partial charge in [0.05, 0.1) is 10.4 Å². The summed E-state index contributed by atoms with van der Waals surface area (Å²) in [6.07, 6.45) is 0.903. The summed E-state index contributed by atoms with van der Waals surface area (Å²) in [6.45, 7) is 4.24. The predicted molar refractivity (Wildman–Crippen MR) is 123 cm³/mol. The van der Waals surface area contributed by atoms with Crippen molar-refractivity contribution < 1.29 is 17.9 Å². The maximum Gasteiger partial charge on any atom is 0.268 e. The summed E-state index contributed by atoms with van der Waals surface area (Å²) in [5.74, 6) is 1.90. The predicted octanol–water partition coefficient (Wildman–Crippen LogP) is 5.49. The minimum atomic E-state index is -3.74. The van der Waals surface area contributed by atoms with E-state index in [4.69, 9.17) is 9.47 Å². The lowest BCUT2D eigenvalue weighted by Gasteiger charge is -2.13. The topological polar surface area (TPSA) is 57.5 Å². The monoisotopic (exact) mass is 445 g/mol. The summed E-state index contributed by atoms with van der Waals surface area (Å²) in [7, 11) is -3.74. The first kappa shape index (κ1) is 19.4. The van der Waals surface area contributed by atoms with Crippen LogP contribution in [0.1, 0.15) is 40.6 Å². The number of ether oxygens (including phenoxy) is 2. The van der Waals surface area contributed by atoms with Gasteiger partial charge in [-0.05, 0) is 67.6 Å². The largest absolute Gasteiger partial charge is 0.454 e. The third kappa shape index (κ3) is 2.86. The Morgan fingerprint density at radius 3 is 2.44 bits per heavy atom. The minimum absolute atomic E-state index is 0.128. The van der Waals surface area contributed by atoms with Gasteiger partial charge in [-0.1, -0.05) is 42.0 Å². The van der Waals surface area contributed by atoms with E-state index in [-0.39, 0.29) is 18.6 Å². The SMILES string of the molecule is Cc1ccc(S(=O)(=O)n2c([C@H]3C[C@H]3c3ccc4c(c3)OCO4)c(C)c3ccccc32)cc1. The molecule has 1 aliphatic carbocycles. The smallest absolute Gasteiger partial charge is 0.268 e. The summed E-state index contributed by atoms with van der Waals surface area (Å²) in [4.78, 5) is 0.311. The van der Waals surface area contributed by atoms with Crippen LogP contribution in [0.2, 0.25) is 0 Å². The lowest BCUT2D eigenvalue weighted by molar-refractivity contribution is 0.174. The van der Waals surface area contributed by atoms with E-state index in [1.807, 2.05) is 62.4 Å². The Labute approximate surface area is 187 Å². The molecule has 4 aromatic rings. The molecule has 1 saturated carbocycles. The molecule has 0 unspecified atom stereocenters. The van der Waals surface area contributed by atoms with E-state index >= 15 is 0 Å². The van der Waals surface area contributed by atoms with Crippen molar-refractivity contribution in [3.63, 3.8) is 0 Å². The molecule has 0 radical (unpaired) electrons. The standard InChI is InChI=1S/C26H23NO4S/c1-16-7-10-19(11-8-16)32(28,29)27-23-6-4-3-5-20(23)17(2)26(27)22-14-21(22)18-9-12-24-25(13-18)31-15-30-24/h3-13,21-22H,14-15H2,1-2H3/t21-,22-/m0/s1. The molecule has 2 aliphatic rings. The van der Waals surface area contributed by atoms with Crippen LogP contribution in [-0.2, 0) is 10.0 Å². The Hall–Kier alpha value is -3.25. The summed E-state index contributed by atoms with van der Waals surface area (Å²) in [5, 5.41) is 0.981. The zero-order valence-corrected chi connectivity index (χ0v) is 18.7. The second-order valence-corrected chi connectivity index (χ2v) is 10.5. The normalized spacial score (nSPS) is 19.4. The van der Waals surface area contributed by atoms with Crippen molar-refractivity contribution in [1.82, 2.24) is 3.97 Å². The molecule has 0 saturated heterocycles. The van der Waals surface area contributed by atoms with Gasteiger partial charge in [-0.25, -0.2) is 12.4 Å². The fourth-order valence-corrected chi connectivity index (χ4v) is 6.54. The van der Waals surface area contributed by atoms with Crippen molar-refractivity contribution in [3.8, 4) is 11.5 Å². The molecule has 0 amide bonds. The van der Waals surface area contributed by atoms with E-state index in [0.29, 0.717) is 4.90 Å². The van der Waals surface area contributed by atoms with Gasteiger partial charge in [-0.3, -0.25) is 0 Å². The zero-order chi connectivity index (χ0) is 22.0. The molecule has 0 N–H and O–H groups in total. The number of hydrogen-bond donors (Lipinski definition) is 0. The van der Waals surface area contributed by atoms with Crippen LogP contribution in [0.25, 0.3) is 10.9 Å². The number of fused-ring (bicyclic) bond motifs is 2. The summed E-state index contributed by atoms with van der Waals surface area (Å²) in [5.41, 5.74) is 4.84. The molecule has 3 aromatic carbocycles. The van der Waals surface area contributed by atoms with Gasteiger partial charge in [0.25, 0.3) is 10.0 Å². The average Bonchev–Trinajstić information content (AvgIpc) is 3.32. The highest BCUT2D eigenvalue weighted by Gasteiger charge is 2.45.